The quantitative estimate of drug-likeness (QED) is 0.840. The van der Waals surface area contributed by atoms with Gasteiger partial charge in [-0.1, -0.05) is 0 Å². The molecule has 0 amide bonds. The molecule has 0 saturated heterocycles. The van der Waals surface area contributed by atoms with Crippen LogP contribution >= 0.6 is 15.9 Å². The second-order valence-electron chi connectivity index (χ2n) is 5.50. The average molecular weight is 295 g/mol. The van der Waals surface area contributed by atoms with Gasteiger partial charge in [-0.3, -0.25) is 0 Å². The minimum absolute atomic E-state index is 0.832. The molecule has 1 aromatic rings. The van der Waals surface area contributed by atoms with Crippen LogP contribution in [0.1, 0.15) is 25.7 Å². The fourth-order valence-electron chi connectivity index (χ4n) is 2.28. The molecular formula is C14H19BrN2. The van der Waals surface area contributed by atoms with E-state index in [1.54, 1.807) is 0 Å². The molecule has 0 spiro atoms. The maximum Gasteiger partial charge on any atom is 0.0512 e. The maximum atomic E-state index is 5.81. The van der Waals surface area contributed by atoms with Gasteiger partial charge in [0, 0.05) is 23.2 Å². The lowest BCUT2D eigenvalue weighted by Gasteiger charge is -2.26. The summed E-state index contributed by atoms with van der Waals surface area (Å²) >= 11 is 3.65. The summed E-state index contributed by atoms with van der Waals surface area (Å²) in [5.74, 6) is 1.86. The highest BCUT2D eigenvalue weighted by Crippen LogP contribution is 2.38. The number of benzene rings is 1. The minimum atomic E-state index is 0.832. The second-order valence-corrected chi connectivity index (χ2v) is 6.36. The molecule has 0 heterocycles. The van der Waals surface area contributed by atoms with E-state index in [1.165, 1.54) is 44.5 Å². The van der Waals surface area contributed by atoms with Crippen LogP contribution in [0.2, 0.25) is 0 Å². The molecule has 0 bridgehead atoms. The van der Waals surface area contributed by atoms with Crippen LogP contribution in [0.15, 0.2) is 22.7 Å². The topological polar surface area (TPSA) is 29.3 Å². The first-order chi connectivity index (χ1) is 8.22. The van der Waals surface area contributed by atoms with E-state index in [0.717, 1.165) is 22.0 Å². The average Bonchev–Trinajstić information content (AvgIpc) is 3.11. The number of nitrogens with zero attached hydrogens (tertiary/aromatic N) is 1. The van der Waals surface area contributed by atoms with Gasteiger partial charge in [0.05, 0.1) is 5.69 Å². The molecule has 2 N–H and O–H groups in total. The molecule has 3 rings (SSSR count). The van der Waals surface area contributed by atoms with E-state index in [9.17, 15) is 0 Å². The van der Waals surface area contributed by atoms with E-state index >= 15 is 0 Å². The van der Waals surface area contributed by atoms with Gasteiger partial charge in [0.25, 0.3) is 0 Å². The monoisotopic (exact) mass is 294 g/mol. The molecule has 2 saturated carbocycles. The first kappa shape index (κ1) is 11.4. The Hall–Kier alpha value is -0.700. The van der Waals surface area contributed by atoms with Crippen LogP contribution < -0.4 is 10.6 Å². The van der Waals surface area contributed by atoms with Crippen LogP contribution in [-0.4, -0.2) is 13.1 Å². The third-order valence-corrected chi connectivity index (χ3v) is 4.30. The molecule has 3 heteroatoms. The normalized spacial score (nSPS) is 19.4. The van der Waals surface area contributed by atoms with E-state index in [1.807, 2.05) is 12.1 Å². The van der Waals surface area contributed by atoms with Crippen LogP contribution in [0.4, 0.5) is 11.4 Å². The lowest BCUT2D eigenvalue weighted by molar-refractivity contribution is 0.678. The summed E-state index contributed by atoms with van der Waals surface area (Å²) in [5.41, 5.74) is 7.96. The van der Waals surface area contributed by atoms with E-state index in [0.29, 0.717) is 0 Å². The van der Waals surface area contributed by atoms with Gasteiger partial charge in [0.1, 0.15) is 0 Å². The number of rotatable bonds is 5. The minimum Gasteiger partial charge on any atom is -0.399 e. The number of hydrogen-bond donors (Lipinski definition) is 1. The summed E-state index contributed by atoms with van der Waals surface area (Å²) in [7, 11) is 0. The van der Waals surface area contributed by atoms with E-state index in [2.05, 4.69) is 26.9 Å². The van der Waals surface area contributed by atoms with Crippen molar-refractivity contribution in [2.24, 2.45) is 11.8 Å². The van der Waals surface area contributed by atoms with Crippen molar-refractivity contribution in [3.8, 4) is 0 Å². The Morgan fingerprint density at radius 1 is 1.12 bits per heavy atom. The Morgan fingerprint density at radius 2 is 1.71 bits per heavy atom. The van der Waals surface area contributed by atoms with E-state index < -0.39 is 0 Å². The van der Waals surface area contributed by atoms with Crippen LogP contribution in [0, 0.1) is 11.8 Å². The van der Waals surface area contributed by atoms with Gasteiger partial charge in [-0.05, 0) is 71.6 Å². The van der Waals surface area contributed by atoms with Crippen molar-refractivity contribution in [1.82, 2.24) is 0 Å². The lowest BCUT2D eigenvalue weighted by atomic mass is 10.2. The van der Waals surface area contributed by atoms with Gasteiger partial charge in [-0.25, -0.2) is 0 Å². The zero-order chi connectivity index (χ0) is 11.8. The van der Waals surface area contributed by atoms with Crippen molar-refractivity contribution in [1.29, 1.82) is 0 Å². The van der Waals surface area contributed by atoms with Crippen LogP contribution in [0.25, 0.3) is 0 Å². The molecule has 0 aliphatic heterocycles. The van der Waals surface area contributed by atoms with Gasteiger partial charge < -0.3 is 10.6 Å². The zero-order valence-corrected chi connectivity index (χ0v) is 11.6. The summed E-state index contributed by atoms with van der Waals surface area (Å²) in [5, 5.41) is 0. The Bertz CT molecular complexity index is 397. The highest BCUT2D eigenvalue weighted by Gasteiger charge is 2.29. The first-order valence-corrected chi connectivity index (χ1v) is 7.31. The van der Waals surface area contributed by atoms with Crippen LogP contribution in [-0.2, 0) is 0 Å². The van der Waals surface area contributed by atoms with Gasteiger partial charge in [-0.15, -0.1) is 0 Å². The van der Waals surface area contributed by atoms with Gasteiger partial charge in [0.2, 0.25) is 0 Å². The fourth-order valence-corrected chi connectivity index (χ4v) is 2.92. The number of nitrogens with two attached hydrogens (primary N) is 1. The van der Waals surface area contributed by atoms with Crippen LogP contribution in [0.3, 0.4) is 0 Å². The molecule has 0 radical (unpaired) electrons. The summed E-state index contributed by atoms with van der Waals surface area (Å²) in [4.78, 5) is 2.55. The molecule has 17 heavy (non-hydrogen) atoms. The zero-order valence-electron chi connectivity index (χ0n) is 10.0. The molecule has 1 aromatic carbocycles. The van der Waals surface area contributed by atoms with Crippen molar-refractivity contribution in [2.45, 2.75) is 25.7 Å². The Labute approximate surface area is 111 Å². The molecule has 0 unspecified atom stereocenters. The van der Waals surface area contributed by atoms with E-state index in [-0.39, 0.29) is 0 Å². The molecule has 2 fully saturated rings. The number of anilines is 2. The van der Waals surface area contributed by atoms with Crippen molar-refractivity contribution in [3.63, 3.8) is 0 Å². The summed E-state index contributed by atoms with van der Waals surface area (Å²) in [6.07, 6.45) is 5.64. The molecule has 92 valence electrons. The van der Waals surface area contributed by atoms with Crippen molar-refractivity contribution >= 4 is 27.3 Å². The second kappa shape index (κ2) is 4.52. The summed E-state index contributed by atoms with van der Waals surface area (Å²) in [6.45, 7) is 2.44. The van der Waals surface area contributed by atoms with Crippen molar-refractivity contribution in [2.75, 3.05) is 23.7 Å². The molecule has 0 aromatic heterocycles. The Balaban J connectivity index is 1.78. The highest BCUT2D eigenvalue weighted by atomic mass is 79.9. The third kappa shape index (κ3) is 2.95. The predicted octanol–water partition coefficient (Wildman–Crippen LogP) is 3.66. The largest absolute Gasteiger partial charge is 0.399 e. The standard InChI is InChI=1S/C14H19BrN2/c15-13-7-12(16)5-6-14(13)17(8-10-1-2-10)9-11-3-4-11/h5-7,10-11H,1-4,8-9,16H2. The Morgan fingerprint density at radius 3 is 2.18 bits per heavy atom. The summed E-state index contributed by atoms with van der Waals surface area (Å²) in [6, 6.07) is 6.18. The highest BCUT2D eigenvalue weighted by molar-refractivity contribution is 9.10. The summed E-state index contributed by atoms with van der Waals surface area (Å²) < 4.78 is 1.14. The number of hydrogen-bond acceptors (Lipinski definition) is 2. The van der Waals surface area contributed by atoms with E-state index in [4.69, 9.17) is 5.73 Å². The first-order valence-electron chi connectivity index (χ1n) is 6.52. The maximum absolute atomic E-state index is 5.81. The fraction of sp³-hybridized carbons (Fsp3) is 0.571. The Kier molecular flexibility index (Phi) is 3.03. The van der Waals surface area contributed by atoms with Gasteiger partial charge in [-0.2, -0.15) is 0 Å². The van der Waals surface area contributed by atoms with Crippen molar-refractivity contribution in [3.05, 3.63) is 22.7 Å². The van der Waals surface area contributed by atoms with Gasteiger partial charge >= 0.3 is 0 Å². The third-order valence-electron chi connectivity index (χ3n) is 3.66. The smallest absolute Gasteiger partial charge is 0.0512 e. The molecule has 2 aliphatic carbocycles. The molecule has 2 aliphatic rings. The van der Waals surface area contributed by atoms with Gasteiger partial charge in [0.15, 0.2) is 0 Å². The number of nitrogen functional groups attached to an aromatic ring is 1. The van der Waals surface area contributed by atoms with Crippen LogP contribution in [0.5, 0.6) is 0 Å². The SMILES string of the molecule is Nc1ccc(N(CC2CC2)CC2CC2)c(Br)c1. The molecule has 0 atom stereocenters. The predicted molar refractivity (Wildman–Crippen MR) is 76.2 cm³/mol. The molecule has 2 nitrogen and oxygen atoms in total. The van der Waals surface area contributed by atoms with Crippen molar-refractivity contribution < 1.29 is 0 Å². The molecular weight excluding hydrogens is 276 g/mol. The number of halogens is 1. The lowest BCUT2D eigenvalue weighted by Crippen LogP contribution is -2.28.